The topological polar surface area (TPSA) is 73.0 Å². The number of fused-ring (bicyclic) bond motifs is 1. The van der Waals surface area contributed by atoms with E-state index in [-0.39, 0.29) is 24.4 Å². The second-order valence-electron chi connectivity index (χ2n) is 7.38. The Hall–Kier alpha value is -1.70. The number of thioether (sulfide) groups is 1. The molecule has 1 unspecified atom stereocenters. The summed E-state index contributed by atoms with van der Waals surface area (Å²) in [6.07, 6.45) is 9.38. The quantitative estimate of drug-likeness (QED) is 0.706. The Morgan fingerprint density at radius 2 is 2.29 bits per heavy atom. The van der Waals surface area contributed by atoms with Crippen LogP contribution in [0.3, 0.4) is 0 Å². The molecule has 0 spiro atoms. The largest absolute Gasteiger partial charge is 0.348 e. The third-order valence-electron chi connectivity index (χ3n) is 5.46. The van der Waals surface area contributed by atoms with E-state index in [1.165, 1.54) is 18.4 Å². The van der Waals surface area contributed by atoms with Crippen molar-refractivity contribution in [2.75, 3.05) is 23.7 Å². The third-order valence-corrected chi connectivity index (χ3v) is 6.44. The van der Waals surface area contributed by atoms with Gasteiger partial charge in [-0.05, 0) is 44.9 Å². The van der Waals surface area contributed by atoms with Crippen LogP contribution >= 0.6 is 24.2 Å². The molecular weight excluding hydrogens is 394 g/mol. The maximum Gasteiger partial charge on any atom is 0.259 e. The monoisotopic (exact) mass is 421 g/mol. The number of aryl methyl sites for hydroxylation is 1. The Kier molecular flexibility index (Phi) is 6.91. The van der Waals surface area contributed by atoms with Crippen molar-refractivity contribution < 1.29 is 4.79 Å². The lowest BCUT2D eigenvalue weighted by molar-refractivity contribution is -0.117. The SMILES string of the molecule is Cc1c[nH]c2nccc(N3C=C(C(=O)NC(C)[C@@H]4CCCCN4)SCC3)c12.Cl. The fourth-order valence-corrected chi connectivity index (χ4v) is 4.83. The molecule has 1 saturated heterocycles. The van der Waals surface area contributed by atoms with E-state index in [9.17, 15) is 4.79 Å². The second kappa shape index (κ2) is 9.20. The summed E-state index contributed by atoms with van der Waals surface area (Å²) >= 11 is 1.63. The number of carbonyl (C=O) groups excluding carboxylic acids is 1. The van der Waals surface area contributed by atoms with Gasteiger partial charge in [0.25, 0.3) is 5.91 Å². The number of hydrogen-bond donors (Lipinski definition) is 3. The van der Waals surface area contributed by atoms with Gasteiger partial charge >= 0.3 is 0 Å². The molecule has 0 aromatic carbocycles. The smallest absolute Gasteiger partial charge is 0.259 e. The predicted octanol–water partition coefficient (Wildman–Crippen LogP) is 3.33. The summed E-state index contributed by atoms with van der Waals surface area (Å²) in [6.45, 7) is 6.11. The number of aromatic nitrogens is 2. The first kappa shape index (κ1) is 21.0. The number of H-pyrrole nitrogens is 1. The average molecular weight is 422 g/mol. The number of aromatic amines is 1. The number of halogens is 1. The van der Waals surface area contributed by atoms with E-state index in [1.54, 1.807) is 11.8 Å². The summed E-state index contributed by atoms with van der Waals surface area (Å²) in [7, 11) is 0. The van der Waals surface area contributed by atoms with Gasteiger partial charge in [0.1, 0.15) is 5.65 Å². The van der Waals surface area contributed by atoms with Crippen LogP contribution in [0.5, 0.6) is 0 Å². The van der Waals surface area contributed by atoms with Crippen molar-refractivity contribution in [1.82, 2.24) is 20.6 Å². The summed E-state index contributed by atoms with van der Waals surface area (Å²) in [5.74, 6) is 0.920. The molecular formula is C20H28ClN5OS. The normalized spacial score (nSPS) is 21.0. The molecule has 0 radical (unpaired) electrons. The molecule has 0 saturated carbocycles. The number of hydrogen-bond acceptors (Lipinski definition) is 5. The van der Waals surface area contributed by atoms with Crippen LogP contribution in [-0.2, 0) is 4.79 Å². The zero-order chi connectivity index (χ0) is 18.8. The van der Waals surface area contributed by atoms with Gasteiger partial charge in [-0.25, -0.2) is 4.98 Å². The van der Waals surface area contributed by atoms with Crippen molar-refractivity contribution >= 4 is 46.8 Å². The molecule has 3 N–H and O–H groups in total. The number of piperidine rings is 1. The highest BCUT2D eigenvalue weighted by Gasteiger charge is 2.25. The standard InChI is InChI=1S/C20H27N5OS.ClH/c1-13-11-23-19-18(13)16(6-8-22-19)25-9-10-27-17(12-25)20(26)24-14(2)15-5-3-4-7-21-15;/h6,8,11-12,14-15,21H,3-5,7,9-10H2,1-2H3,(H,22,23)(H,24,26);1H/t14?,15-;/m0./s1. The minimum atomic E-state index is 0. The summed E-state index contributed by atoms with van der Waals surface area (Å²) < 4.78 is 0. The molecule has 1 fully saturated rings. The first-order chi connectivity index (χ1) is 13.1. The van der Waals surface area contributed by atoms with Crippen LogP contribution in [0.15, 0.2) is 29.6 Å². The maximum atomic E-state index is 12.8. The molecule has 8 heteroatoms. The minimum absolute atomic E-state index is 0. The highest BCUT2D eigenvalue weighted by molar-refractivity contribution is 8.04. The van der Waals surface area contributed by atoms with E-state index in [0.29, 0.717) is 6.04 Å². The van der Waals surface area contributed by atoms with Crippen LogP contribution in [0.25, 0.3) is 11.0 Å². The van der Waals surface area contributed by atoms with Crippen molar-refractivity contribution in [2.45, 2.75) is 45.2 Å². The van der Waals surface area contributed by atoms with Crippen LogP contribution in [0.4, 0.5) is 5.69 Å². The van der Waals surface area contributed by atoms with E-state index in [2.05, 4.69) is 39.3 Å². The van der Waals surface area contributed by atoms with Crippen molar-refractivity contribution in [2.24, 2.45) is 0 Å². The van der Waals surface area contributed by atoms with E-state index >= 15 is 0 Å². The fraction of sp³-hybridized carbons (Fsp3) is 0.500. The molecule has 28 heavy (non-hydrogen) atoms. The van der Waals surface area contributed by atoms with Gasteiger partial charge in [0.15, 0.2) is 0 Å². The van der Waals surface area contributed by atoms with Gasteiger partial charge < -0.3 is 20.5 Å². The Bertz CT molecular complexity index is 861. The highest BCUT2D eigenvalue weighted by Crippen LogP contribution is 2.32. The van der Waals surface area contributed by atoms with Gasteiger partial charge in [0, 0.05) is 48.4 Å². The van der Waals surface area contributed by atoms with Crippen molar-refractivity contribution in [3.8, 4) is 0 Å². The van der Waals surface area contributed by atoms with Gasteiger partial charge in [0.2, 0.25) is 0 Å². The van der Waals surface area contributed by atoms with Crippen molar-refractivity contribution in [3.63, 3.8) is 0 Å². The zero-order valence-corrected chi connectivity index (χ0v) is 18.0. The van der Waals surface area contributed by atoms with Gasteiger partial charge in [-0.2, -0.15) is 0 Å². The van der Waals surface area contributed by atoms with Crippen molar-refractivity contribution in [1.29, 1.82) is 0 Å². The second-order valence-corrected chi connectivity index (χ2v) is 8.52. The molecule has 4 rings (SSSR count). The lowest BCUT2D eigenvalue weighted by Crippen LogP contribution is -2.50. The molecule has 2 aromatic rings. The fourth-order valence-electron chi connectivity index (χ4n) is 3.93. The number of pyridine rings is 1. The molecule has 1 amide bonds. The van der Waals surface area contributed by atoms with Crippen LogP contribution in [-0.4, -0.2) is 46.8 Å². The number of nitrogens with one attached hydrogen (secondary N) is 3. The van der Waals surface area contributed by atoms with Crippen LogP contribution in [0, 0.1) is 6.92 Å². The van der Waals surface area contributed by atoms with E-state index in [4.69, 9.17) is 0 Å². The summed E-state index contributed by atoms with van der Waals surface area (Å²) in [6, 6.07) is 2.53. The van der Waals surface area contributed by atoms with Crippen LogP contribution < -0.4 is 15.5 Å². The van der Waals surface area contributed by atoms with Gasteiger partial charge in [-0.15, -0.1) is 24.2 Å². The van der Waals surface area contributed by atoms with Gasteiger partial charge in [-0.3, -0.25) is 4.79 Å². The molecule has 2 aliphatic rings. The molecule has 152 valence electrons. The molecule has 0 bridgehead atoms. The number of amides is 1. The molecule has 2 aliphatic heterocycles. The number of rotatable bonds is 4. The van der Waals surface area contributed by atoms with E-state index < -0.39 is 0 Å². The average Bonchev–Trinajstić information content (AvgIpc) is 3.10. The Morgan fingerprint density at radius 1 is 1.43 bits per heavy atom. The van der Waals surface area contributed by atoms with Gasteiger partial charge in [0.05, 0.1) is 10.6 Å². The summed E-state index contributed by atoms with van der Waals surface area (Å²) in [4.78, 5) is 23.4. The molecule has 6 nitrogen and oxygen atoms in total. The van der Waals surface area contributed by atoms with Crippen LogP contribution in [0.2, 0.25) is 0 Å². The highest BCUT2D eigenvalue weighted by atomic mass is 35.5. The van der Waals surface area contributed by atoms with E-state index in [1.807, 2.05) is 24.7 Å². The Balaban J connectivity index is 0.00000225. The van der Waals surface area contributed by atoms with E-state index in [0.717, 1.165) is 46.9 Å². The summed E-state index contributed by atoms with van der Waals surface area (Å²) in [5.41, 5.74) is 3.16. The lowest BCUT2D eigenvalue weighted by Gasteiger charge is -2.31. The third kappa shape index (κ3) is 4.31. The van der Waals surface area contributed by atoms with Crippen molar-refractivity contribution in [3.05, 3.63) is 35.1 Å². The predicted molar refractivity (Wildman–Crippen MR) is 119 cm³/mol. The number of carbonyl (C=O) groups is 1. The lowest BCUT2D eigenvalue weighted by atomic mass is 9.99. The minimum Gasteiger partial charge on any atom is -0.348 e. The maximum absolute atomic E-state index is 12.8. The molecule has 2 atom stereocenters. The number of nitrogens with zero attached hydrogens (tertiary/aromatic N) is 2. The zero-order valence-electron chi connectivity index (χ0n) is 16.3. The van der Waals surface area contributed by atoms with Gasteiger partial charge in [-0.1, -0.05) is 6.42 Å². The Morgan fingerprint density at radius 3 is 3.07 bits per heavy atom. The van der Waals surface area contributed by atoms with Crippen LogP contribution in [0.1, 0.15) is 31.7 Å². The molecule has 4 heterocycles. The number of anilines is 1. The molecule has 0 aliphatic carbocycles. The first-order valence-electron chi connectivity index (χ1n) is 9.71. The Labute approximate surface area is 176 Å². The first-order valence-corrected chi connectivity index (χ1v) is 10.7. The summed E-state index contributed by atoms with van der Waals surface area (Å²) in [5, 5.41) is 7.85. The molecule has 2 aromatic heterocycles.